The maximum Gasteiger partial charge on any atom is 0.101 e. The fraction of sp³-hybridized carbons (Fsp3) is 0.533. The Balaban J connectivity index is 2.18. The molecular formula is C15H19ClN2O. The molecule has 1 aromatic rings. The van der Waals surface area contributed by atoms with Gasteiger partial charge < -0.3 is 10.1 Å². The molecule has 1 aliphatic heterocycles. The lowest BCUT2D eigenvalue weighted by Gasteiger charge is -2.28. The molecule has 19 heavy (non-hydrogen) atoms. The van der Waals surface area contributed by atoms with Crippen LogP contribution in [0.4, 0.5) is 5.69 Å². The lowest BCUT2D eigenvalue weighted by Crippen LogP contribution is -2.38. The quantitative estimate of drug-likeness (QED) is 0.890. The van der Waals surface area contributed by atoms with Crippen LogP contribution in [-0.2, 0) is 4.74 Å². The number of nitrogens with one attached hydrogen (secondary N) is 1. The van der Waals surface area contributed by atoms with Gasteiger partial charge in [-0.05, 0) is 52.3 Å². The van der Waals surface area contributed by atoms with E-state index in [1.54, 1.807) is 12.1 Å². The van der Waals surface area contributed by atoms with Gasteiger partial charge in [0.1, 0.15) is 6.07 Å². The number of halogens is 1. The van der Waals surface area contributed by atoms with E-state index in [9.17, 15) is 0 Å². The minimum Gasteiger partial charge on any atom is -0.379 e. The van der Waals surface area contributed by atoms with Gasteiger partial charge in [-0.3, -0.25) is 0 Å². The average molecular weight is 279 g/mol. The van der Waals surface area contributed by atoms with Gasteiger partial charge in [-0.2, -0.15) is 5.26 Å². The third kappa shape index (κ3) is 3.02. The van der Waals surface area contributed by atoms with E-state index in [2.05, 4.69) is 39.1 Å². The molecule has 1 aliphatic rings. The predicted molar refractivity (Wildman–Crippen MR) is 77.4 cm³/mol. The summed E-state index contributed by atoms with van der Waals surface area (Å²) < 4.78 is 6.05. The molecule has 3 nitrogen and oxygen atoms in total. The highest BCUT2D eigenvalue weighted by atomic mass is 35.5. The van der Waals surface area contributed by atoms with Crippen LogP contribution in [0.5, 0.6) is 0 Å². The molecule has 4 heteroatoms. The Bertz CT molecular complexity index is 531. The second-order valence-electron chi connectivity index (χ2n) is 6.17. The lowest BCUT2D eigenvalue weighted by atomic mass is 9.94. The van der Waals surface area contributed by atoms with Crippen LogP contribution in [0.15, 0.2) is 18.2 Å². The van der Waals surface area contributed by atoms with Crippen molar-refractivity contribution in [2.24, 2.45) is 0 Å². The summed E-state index contributed by atoms with van der Waals surface area (Å²) in [6.45, 7) is 8.37. The highest BCUT2D eigenvalue weighted by Crippen LogP contribution is 2.39. The van der Waals surface area contributed by atoms with Crippen molar-refractivity contribution < 1.29 is 4.74 Å². The summed E-state index contributed by atoms with van der Waals surface area (Å²) in [6, 6.07) is 7.68. The lowest BCUT2D eigenvalue weighted by molar-refractivity contribution is -0.0662. The number of benzene rings is 1. The molecule has 1 atom stereocenters. The predicted octanol–water partition coefficient (Wildman–Crippen LogP) is 3.97. The van der Waals surface area contributed by atoms with Gasteiger partial charge in [0.25, 0.3) is 0 Å². The Morgan fingerprint density at radius 1 is 1.37 bits per heavy atom. The van der Waals surface area contributed by atoms with Gasteiger partial charge in [0.15, 0.2) is 0 Å². The molecule has 2 rings (SSSR count). The van der Waals surface area contributed by atoms with Crippen LogP contribution in [0.2, 0.25) is 5.02 Å². The Hall–Kier alpha value is -1.24. The van der Waals surface area contributed by atoms with Crippen LogP contribution >= 0.6 is 11.6 Å². The standard InChI is InChI=1S/C15H19ClN2O/c1-14(2)8-13(15(3,4)19-14)18-11-6-5-10(9-17)12(16)7-11/h5-7,13,18H,8H2,1-4H3. The van der Waals surface area contributed by atoms with Crippen molar-refractivity contribution in [3.8, 4) is 6.07 Å². The maximum atomic E-state index is 8.87. The van der Waals surface area contributed by atoms with Gasteiger partial charge >= 0.3 is 0 Å². The molecule has 102 valence electrons. The molecule has 1 heterocycles. The van der Waals surface area contributed by atoms with Crippen LogP contribution in [0.25, 0.3) is 0 Å². The number of hydrogen-bond acceptors (Lipinski definition) is 3. The molecule has 0 saturated carbocycles. The zero-order valence-corrected chi connectivity index (χ0v) is 12.5. The van der Waals surface area contributed by atoms with Crippen molar-refractivity contribution in [2.75, 3.05) is 5.32 Å². The van der Waals surface area contributed by atoms with E-state index in [1.165, 1.54) is 0 Å². The van der Waals surface area contributed by atoms with E-state index in [4.69, 9.17) is 21.6 Å². The summed E-state index contributed by atoms with van der Waals surface area (Å²) in [4.78, 5) is 0. The fourth-order valence-corrected chi connectivity index (χ4v) is 2.91. The Morgan fingerprint density at radius 3 is 2.53 bits per heavy atom. The maximum absolute atomic E-state index is 8.87. The van der Waals surface area contributed by atoms with Crippen LogP contribution in [0.3, 0.4) is 0 Å². The second kappa shape index (κ2) is 4.70. The summed E-state index contributed by atoms with van der Waals surface area (Å²) in [5, 5.41) is 12.8. The van der Waals surface area contributed by atoms with Crippen LogP contribution < -0.4 is 5.32 Å². The van der Waals surface area contributed by atoms with Crippen molar-refractivity contribution in [1.29, 1.82) is 5.26 Å². The molecule has 1 aromatic carbocycles. The third-order valence-electron chi connectivity index (χ3n) is 3.50. The van der Waals surface area contributed by atoms with E-state index >= 15 is 0 Å². The summed E-state index contributed by atoms with van der Waals surface area (Å²) in [5.74, 6) is 0. The molecule has 0 spiro atoms. The Morgan fingerprint density at radius 2 is 2.05 bits per heavy atom. The summed E-state index contributed by atoms with van der Waals surface area (Å²) in [6.07, 6.45) is 0.928. The Labute approximate surface area is 119 Å². The minimum atomic E-state index is -0.232. The SMILES string of the molecule is CC1(C)CC(Nc2ccc(C#N)c(Cl)c2)C(C)(C)O1. The van der Waals surface area contributed by atoms with Crippen molar-refractivity contribution >= 4 is 17.3 Å². The second-order valence-corrected chi connectivity index (χ2v) is 6.58. The first-order chi connectivity index (χ1) is 8.73. The van der Waals surface area contributed by atoms with Crippen molar-refractivity contribution in [3.05, 3.63) is 28.8 Å². The largest absolute Gasteiger partial charge is 0.379 e. The summed E-state index contributed by atoms with van der Waals surface area (Å²) >= 11 is 6.05. The average Bonchev–Trinajstić information content (AvgIpc) is 2.47. The van der Waals surface area contributed by atoms with Gasteiger partial charge in [0.05, 0.1) is 27.8 Å². The fourth-order valence-electron chi connectivity index (χ4n) is 2.68. The summed E-state index contributed by atoms with van der Waals surface area (Å²) in [7, 11) is 0. The molecule has 0 aliphatic carbocycles. The molecule has 1 fully saturated rings. The highest BCUT2D eigenvalue weighted by Gasteiger charge is 2.45. The minimum absolute atomic E-state index is 0.127. The molecular weight excluding hydrogens is 260 g/mol. The number of anilines is 1. The first-order valence-electron chi connectivity index (χ1n) is 6.40. The zero-order chi connectivity index (χ0) is 14.3. The zero-order valence-electron chi connectivity index (χ0n) is 11.7. The molecule has 0 aromatic heterocycles. The van der Waals surface area contributed by atoms with Gasteiger partial charge in [-0.15, -0.1) is 0 Å². The van der Waals surface area contributed by atoms with Crippen molar-refractivity contribution in [2.45, 2.75) is 51.4 Å². The number of ether oxygens (including phenoxy) is 1. The van der Waals surface area contributed by atoms with Crippen molar-refractivity contribution in [3.63, 3.8) is 0 Å². The van der Waals surface area contributed by atoms with Gasteiger partial charge in [0, 0.05) is 5.69 Å². The van der Waals surface area contributed by atoms with Gasteiger partial charge in [-0.25, -0.2) is 0 Å². The first-order valence-corrected chi connectivity index (χ1v) is 6.78. The first kappa shape index (κ1) is 14.2. The monoisotopic (exact) mass is 278 g/mol. The molecule has 0 radical (unpaired) electrons. The normalized spacial score (nSPS) is 23.9. The van der Waals surface area contributed by atoms with Crippen LogP contribution in [-0.4, -0.2) is 17.2 Å². The molecule has 0 bridgehead atoms. The van der Waals surface area contributed by atoms with E-state index < -0.39 is 0 Å². The molecule has 0 amide bonds. The number of rotatable bonds is 2. The molecule has 1 N–H and O–H groups in total. The van der Waals surface area contributed by atoms with Crippen LogP contribution in [0, 0.1) is 11.3 Å². The number of nitriles is 1. The van der Waals surface area contributed by atoms with Crippen LogP contribution in [0.1, 0.15) is 39.7 Å². The van der Waals surface area contributed by atoms with Gasteiger partial charge in [0.2, 0.25) is 0 Å². The molecule has 1 saturated heterocycles. The highest BCUT2D eigenvalue weighted by molar-refractivity contribution is 6.32. The van der Waals surface area contributed by atoms with E-state index in [1.807, 2.05) is 6.07 Å². The van der Waals surface area contributed by atoms with Gasteiger partial charge in [-0.1, -0.05) is 11.6 Å². The Kier molecular flexibility index (Phi) is 3.51. The van der Waals surface area contributed by atoms with Crippen molar-refractivity contribution in [1.82, 2.24) is 0 Å². The third-order valence-corrected chi connectivity index (χ3v) is 3.82. The smallest absolute Gasteiger partial charge is 0.101 e. The molecule has 1 unspecified atom stereocenters. The number of hydrogen-bond donors (Lipinski definition) is 1. The summed E-state index contributed by atoms with van der Waals surface area (Å²) in [5.41, 5.74) is 1.05. The topological polar surface area (TPSA) is 45.0 Å². The van der Waals surface area contributed by atoms with E-state index in [-0.39, 0.29) is 17.2 Å². The number of nitrogens with zero attached hydrogens (tertiary/aromatic N) is 1. The van der Waals surface area contributed by atoms with E-state index in [0.29, 0.717) is 10.6 Å². The van der Waals surface area contributed by atoms with E-state index in [0.717, 1.165) is 12.1 Å².